The van der Waals surface area contributed by atoms with Gasteiger partial charge in [-0.1, -0.05) is 57.6 Å². The number of aliphatic carboxylic acids is 1. The van der Waals surface area contributed by atoms with E-state index in [9.17, 15) is 44.1 Å². The first-order valence-corrected chi connectivity index (χ1v) is 25.3. The standard InChI is InChI=1S/C53H79N3O15/c1-10-37-24-30(2)23-31(3)25-44(67-8)47-45(68-9)27-34(6)53(65,70-47)48(59)49(60)55-22-12-11-13-39(55)51(63)69-46(32(4)14-20-41(37)58)33(5)26-36-17-21-42(43(29-36)66-7)71-56(52(54)64)40(50(61)62)28-35-15-18-38(57)19-16-35/h15-16,18-19,24,26,31-32,34,36-37,39-40,42-47,57,65H,10-14,17,20-23,25,27-29H2,1-9H3,(H2,54,64)(H,61,62)/b30-24+,33-26?/t31?,32?,34?,36?,37?,39?,40-,42?,43?,44?,45?,46?,47?,53?/m0/s1. The third-order valence-electron chi connectivity index (χ3n) is 15.1. The van der Waals surface area contributed by atoms with Crippen molar-refractivity contribution < 1.29 is 72.6 Å². The van der Waals surface area contributed by atoms with Gasteiger partial charge in [-0.2, -0.15) is 5.06 Å². The molecule has 18 nitrogen and oxygen atoms in total. The molecule has 3 amide bonds. The molecule has 71 heavy (non-hydrogen) atoms. The van der Waals surface area contributed by atoms with Crippen LogP contribution in [0.1, 0.15) is 124 Å². The number of hydrogen-bond acceptors (Lipinski definition) is 14. The largest absolute Gasteiger partial charge is 0.508 e. The second-order valence-corrected chi connectivity index (χ2v) is 20.5. The number of esters is 1. The fraction of sp³-hybridized carbons (Fsp3) is 0.698. The van der Waals surface area contributed by atoms with E-state index in [-0.39, 0.29) is 67.4 Å². The number of urea groups is 1. The molecule has 0 radical (unpaired) electrons. The maximum absolute atomic E-state index is 14.6. The van der Waals surface area contributed by atoms with Gasteiger partial charge in [0.15, 0.2) is 6.04 Å². The molecular formula is C53H79N3O15. The van der Waals surface area contributed by atoms with Crippen LogP contribution < -0.4 is 5.73 Å². The molecule has 1 aliphatic carbocycles. The van der Waals surface area contributed by atoms with Crippen LogP contribution in [0.4, 0.5) is 4.79 Å². The Kier molecular flexibility index (Phi) is 20.8. The SMILES string of the molecule is CCC1/C=C(\C)CC(C)CC(OC)C2OC(O)(C(=O)C(=O)N3CCCCC3C(=O)OC(C(C)=CC3CCC(ON(C(N)=O)[C@@H](Cc4ccc(O)cc4)C(=O)O)C(OC)C3)C(C)CCC1=O)C(C)CC2OC. The third-order valence-corrected chi connectivity index (χ3v) is 15.1. The summed E-state index contributed by atoms with van der Waals surface area (Å²) in [5, 5.41) is 32.7. The number of phenolic OH excluding ortho intramolecular Hbond substituents is 1. The Morgan fingerprint density at radius 2 is 1.59 bits per heavy atom. The first kappa shape index (κ1) is 57.2. The van der Waals surface area contributed by atoms with E-state index in [1.807, 2.05) is 39.8 Å². The molecule has 3 heterocycles. The number of carboxylic acid groups (broad SMARTS) is 1. The van der Waals surface area contributed by atoms with E-state index in [0.717, 1.165) is 5.57 Å². The van der Waals surface area contributed by atoms with Gasteiger partial charge in [0.05, 0.1) is 18.3 Å². The van der Waals surface area contributed by atoms with Crippen LogP contribution in [-0.2, 0) is 58.9 Å². The number of primary amides is 1. The zero-order valence-corrected chi connectivity index (χ0v) is 43.1. The lowest BCUT2D eigenvalue weighted by atomic mass is 9.82. The number of amides is 3. The molecule has 3 aliphatic heterocycles. The molecule has 1 saturated carbocycles. The Hall–Kier alpha value is -4.72. The lowest BCUT2D eigenvalue weighted by Gasteiger charge is -2.47. The summed E-state index contributed by atoms with van der Waals surface area (Å²) in [6.07, 6.45) is 4.62. The molecule has 2 saturated heterocycles. The number of benzene rings is 1. The number of hydroxylamine groups is 2. The predicted molar refractivity (Wildman–Crippen MR) is 260 cm³/mol. The Labute approximate surface area is 418 Å². The van der Waals surface area contributed by atoms with Gasteiger partial charge in [-0.15, -0.1) is 0 Å². The number of hydrogen-bond donors (Lipinski definition) is 4. The van der Waals surface area contributed by atoms with Crippen LogP contribution in [0, 0.1) is 29.6 Å². The molecule has 4 aliphatic rings. The van der Waals surface area contributed by atoms with Crippen molar-refractivity contribution in [3.05, 3.63) is 53.1 Å². The van der Waals surface area contributed by atoms with Gasteiger partial charge in [0.25, 0.3) is 11.7 Å². The first-order chi connectivity index (χ1) is 33.6. The van der Waals surface area contributed by atoms with Crippen molar-refractivity contribution in [3.63, 3.8) is 0 Å². The van der Waals surface area contributed by atoms with Gasteiger partial charge in [-0.3, -0.25) is 19.2 Å². The van der Waals surface area contributed by atoms with E-state index < -0.39 is 90.1 Å². The summed E-state index contributed by atoms with van der Waals surface area (Å²) < 4.78 is 30.4. The van der Waals surface area contributed by atoms with Crippen molar-refractivity contribution >= 4 is 35.4 Å². The summed E-state index contributed by atoms with van der Waals surface area (Å²) in [5.41, 5.74) is 7.96. The van der Waals surface area contributed by atoms with E-state index in [1.54, 1.807) is 19.1 Å². The highest BCUT2D eigenvalue weighted by Gasteiger charge is 2.56. The first-order valence-electron chi connectivity index (χ1n) is 25.3. The smallest absolute Gasteiger partial charge is 0.339 e. The second-order valence-electron chi connectivity index (χ2n) is 20.5. The number of allylic oxidation sites excluding steroid dienone is 3. The maximum Gasteiger partial charge on any atom is 0.339 e. The van der Waals surface area contributed by atoms with Crippen LogP contribution in [0.3, 0.4) is 0 Å². The summed E-state index contributed by atoms with van der Waals surface area (Å²) in [5.74, 6) is -8.43. The number of nitrogens with two attached hydrogens (primary N) is 1. The molecule has 3 fully saturated rings. The van der Waals surface area contributed by atoms with Crippen LogP contribution in [0.5, 0.6) is 5.75 Å². The quantitative estimate of drug-likeness (QED) is 0.0785. The fourth-order valence-electron chi connectivity index (χ4n) is 11.0. The number of carbonyl (C=O) groups excluding carboxylic acids is 5. The molecule has 5 N–H and O–H groups in total. The number of nitrogens with zero attached hydrogens (tertiary/aromatic N) is 2. The number of piperidine rings is 1. The number of ether oxygens (including phenoxy) is 5. The number of carboxylic acids is 1. The third kappa shape index (κ3) is 14.3. The van der Waals surface area contributed by atoms with Gasteiger partial charge >= 0.3 is 18.0 Å². The van der Waals surface area contributed by atoms with Crippen molar-refractivity contribution in [2.24, 2.45) is 35.3 Å². The lowest BCUT2D eigenvalue weighted by Crippen LogP contribution is -2.64. The van der Waals surface area contributed by atoms with Crippen LogP contribution in [0.25, 0.3) is 0 Å². The van der Waals surface area contributed by atoms with Gasteiger partial charge in [-0.25, -0.2) is 14.4 Å². The van der Waals surface area contributed by atoms with E-state index in [2.05, 4.69) is 6.92 Å². The number of ketones is 2. The summed E-state index contributed by atoms with van der Waals surface area (Å²) in [7, 11) is 4.55. The summed E-state index contributed by atoms with van der Waals surface area (Å²) in [6, 6.07) is 2.20. The minimum atomic E-state index is -2.53. The zero-order valence-electron chi connectivity index (χ0n) is 43.1. The van der Waals surface area contributed by atoms with Gasteiger partial charge in [-0.05, 0) is 125 Å². The topological polar surface area (TPSA) is 251 Å². The number of aliphatic hydroxyl groups is 1. The number of cyclic esters (lactones) is 1. The molecule has 396 valence electrons. The molecule has 13 unspecified atom stereocenters. The number of rotatable bonds is 12. The Morgan fingerprint density at radius 3 is 2.21 bits per heavy atom. The maximum atomic E-state index is 14.6. The second kappa shape index (κ2) is 25.8. The average molecular weight is 998 g/mol. The Bertz CT molecular complexity index is 2080. The van der Waals surface area contributed by atoms with E-state index >= 15 is 0 Å². The Morgan fingerprint density at radius 1 is 0.930 bits per heavy atom. The van der Waals surface area contributed by atoms with Crippen molar-refractivity contribution in [3.8, 4) is 5.75 Å². The molecule has 14 atom stereocenters. The number of aromatic hydroxyl groups is 1. The molecular weight excluding hydrogens is 919 g/mol. The number of carbonyl (C=O) groups is 6. The van der Waals surface area contributed by atoms with Crippen LogP contribution in [0.15, 0.2) is 47.6 Å². The summed E-state index contributed by atoms with van der Waals surface area (Å²) >= 11 is 0. The number of fused-ring (bicyclic) bond motifs is 3. The highest BCUT2D eigenvalue weighted by atomic mass is 16.7. The van der Waals surface area contributed by atoms with Gasteiger partial charge < -0.3 is 49.6 Å². The highest BCUT2D eigenvalue weighted by molar-refractivity contribution is 6.39. The summed E-state index contributed by atoms with van der Waals surface area (Å²) in [4.78, 5) is 89.8. The lowest BCUT2D eigenvalue weighted by molar-refractivity contribution is -0.302. The number of methoxy groups -OCH3 is 3. The predicted octanol–water partition coefficient (Wildman–Crippen LogP) is 6.22. The Balaban J connectivity index is 1.44. The van der Waals surface area contributed by atoms with Crippen LogP contribution in [-0.4, -0.2) is 143 Å². The minimum Gasteiger partial charge on any atom is -0.508 e. The van der Waals surface area contributed by atoms with Gasteiger partial charge in [0, 0.05) is 52.6 Å². The fourth-order valence-corrected chi connectivity index (χ4v) is 11.0. The van der Waals surface area contributed by atoms with E-state index in [0.29, 0.717) is 74.0 Å². The van der Waals surface area contributed by atoms with Crippen LogP contribution >= 0.6 is 0 Å². The van der Waals surface area contributed by atoms with E-state index in [4.69, 9.17) is 34.3 Å². The van der Waals surface area contributed by atoms with Gasteiger partial charge in [0.2, 0.25) is 5.79 Å². The van der Waals surface area contributed by atoms with E-state index in [1.165, 1.54) is 38.4 Å². The van der Waals surface area contributed by atoms with Gasteiger partial charge in [0.1, 0.15) is 35.9 Å². The molecule has 2 bridgehead atoms. The number of phenols is 1. The molecule has 1 aromatic carbocycles. The molecule has 18 heteroatoms. The molecule has 0 aromatic heterocycles. The summed E-state index contributed by atoms with van der Waals surface area (Å²) in [6.45, 7) is 11.5. The van der Waals surface area contributed by atoms with Crippen molar-refractivity contribution in [2.45, 2.75) is 180 Å². The monoisotopic (exact) mass is 998 g/mol. The number of Topliss-reactive ketones (excluding diaryl/α,β-unsaturated/α-hetero) is 2. The molecule has 1 aromatic rings. The normalized spacial score (nSPS) is 34.5. The van der Waals surface area contributed by atoms with Crippen LogP contribution in [0.2, 0.25) is 0 Å². The molecule has 5 rings (SSSR count). The van der Waals surface area contributed by atoms with Crippen molar-refractivity contribution in [2.75, 3.05) is 27.9 Å². The minimum absolute atomic E-state index is 0.000311. The highest BCUT2D eigenvalue weighted by Crippen LogP contribution is 2.40. The average Bonchev–Trinajstić information content (AvgIpc) is 3.34. The van der Waals surface area contributed by atoms with Crippen molar-refractivity contribution in [1.82, 2.24) is 9.96 Å². The van der Waals surface area contributed by atoms with Crippen molar-refractivity contribution in [1.29, 1.82) is 0 Å². The zero-order chi connectivity index (χ0) is 52.3. The molecule has 0 spiro atoms.